The van der Waals surface area contributed by atoms with Crippen LogP contribution in [0.15, 0.2) is 29.3 Å². The van der Waals surface area contributed by atoms with Crippen molar-refractivity contribution in [3.63, 3.8) is 0 Å². The molecule has 1 aromatic rings. The molecule has 0 aliphatic carbocycles. The van der Waals surface area contributed by atoms with Crippen LogP contribution in [0.2, 0.25) is 0 Å². The number of rotatable bonds is 4. The average molecular weight is 278 g/mol. The SMILES string of the molecule is CC(=O)c1ccc(OCC(=O)NC2=NCCS2)cc1. The number of aliphatic imine (C=N–C) groups is 1. The molecule has 1 N–H and O–H groups in total. The Bertz CT molecular complexity index is 511. The zero-order valence-corrected chi connectivity index (χ0v) is 11.3. The number of amidine groups is 1. The Morgan fingerprint density at radius 1 is 1.37 bits per heavy atom. The first kappa shape index (κ1) is 13.6. The second-order valence-electron chi connectivity index (χ2n) is 3.95. The smallest absolute Gasteiger partial charge is 0.263 e. The number of carbonyl (C=O) groups excluding carboxylic acids is 2. The molecule has 6 heteroatoms. The molecule has 0 radical (unpaired) electrons. The number of benzene rings is 1. The summed E-state index contributed by atoms with van der Waals surface area (Å²) in [4.78, 5) is 26.8. The van der Waals surface area contributed by atoms with Crippen LogP contribution < -0.4 is 10.1 Å². The predicted octanol–water partition coefficient (Wildman–Crippen LogP) is 1.49. The summed E-state index contributed by atoms with van der Waals surface area (Å²) in [5, 5.41) is 3.33. The van der Waals surface area contributed by atoms with Crippen molar-refractivity contribution in [2.24, 2.45) is 4.99 Å². The highest BCUT2D eigenvalue weighted by Crippen LogP contribution is 2.13. The molecule has 5 nitrogen and oxygen atoms in total. The van der Waals surface area contributed by atoms with E-state index in [1.54, 1.807) is 24.3 Å². The fraction of sp³-hybridized carbons (Fsp3) is 0.308. The molecule has 0 saturated carbocycles. The van der Waals surface area contributed by atoms with E-state index in [1.165, 1.54) is 18.7 Å². The van der Waals surface area contributed by atoms with Crippen LogP contribution in [0.1, 0.15) is 17.3 Å². The van der Waals surface area contributed by atoms with Gasteiger partial charge in [-0.2, -0.15) is 0 Å². The van der Waals surface area contributed by atoms with Gasteiger partial charge in [0, 0.05) is 11.3 Å². The van der Waals surface area contributed by atoms with E-state index in [4.69, 9.17) is 4.74 Å². The van der Waals surface area contributed by atoms with Crippen molar-refractivity contribution in [1.29, 1.82) is 0 Å². The largest absolute Gasteiger partial charge is 0.484 e. The lowest BCUT2D eigenvalue weighted by atomic mass is 10.1. The molecule has 100 valence electrons. The summed E-state index contributed by atoms with van der Waals surface area (Å²) >= 11 is 1.52. The van der Waals surface area contributed by atoms with Gasteiger partial charge < -0.3 is 10.1 Å². The fourth-order valence-corrected chi connectivity index (χ4v) is 2.25. The molecule has 1 heterocycles. The van der Waals surface area contributed by atoms with Crippen LogP contribution in [-0.4, -0.2) is 35.8 Å². The maximum Gasteiger partial charge on any atom is 0.263 e. The molecular weight excluding hydrogens is 264 g/mol. The van der Waals surface area contributed by atoms with E-state index >= 15 is 0 Å². The Kier molecular flexibility index (Phi) is 4.57. The van der Waals surface area contributed by atoms with Gasteiger partial charge in [0.15, 0.2) is 17.6 Å². The summed E-state index contributed by atoms with van der Waals surface area (Å²) in [6.45, 7) is 2.18. The van der Waals surface area contributed by atoms with Gasteiger partial charge in [-0.05, 0) is 31.2 Å². The molecule has 19 heavy (non-hydrogen) atoms. The summed E-state index contributed by atoms with van der Waals surface area (Å²) in [6.07, 6.45) is 0. The van der Waals surface area contributed by atoms with Gasteiger partial charge in [-0.15, -0.1) is 0 Å². The quantitative estimate of drug-likeness (QED) is 0.847. The molecule has 0 bridgehead atoms. The molecule has 1 aliphatic rings. The Morgan fingerprint density at radius 2 is 2.11 bits per heavy atom. The summed E-state index contributed by atoms with van der Waals surface area (Å²) in [5.74, 6) is 1.23. The lowest BCUT2D eigenvalue weighted by molar-refractivity contribution is -0.121. The summed E-state index contributed by atoms with van der Waals surface area (Å²) in [6, 6.07) is 6.69. The Morgan fingerprint density at radius 3 is 2.68 bits per heavy atom. The van der Waals surface area contributed by atoms with Crippen LogP contribution in [0.4, 0.5) is 0 Å². The number of hydrogen-bond acceptors (Lipinski definition) is 5. The summed E-state index contributed by atoms with van der Waals surface area (Å²) < 4.78 is 5.33. The maximum absolute atomic E-state index is 11.6. The van der Waals surface area contributed by atoms with Crippen molar-refractivity contribution in [3.05, 3.63) is 29.8 Å². The van der Waals surface area contributed by atoms with Gasteiger partial charge >= 0.3 is 0 Å². The number of thioether (sulfide) groups is 1. The molecule has 1 aliphatic heterocycles. The van der Waals surface area contributed by atoms with Crippen LogP contribution in [0.25, 0.3) is 0 Å². The number of hydrogen-bond donors (Lipinski definition) is 1. The van der Waals surface area contributed by atoms with Crippen LogP contribution in [-0.2, 0) is 4.79 Å². The topological polar surface area (TPSA) is 67.8 Å². The van der Waals surface area contributed by atoms with Crippen molar-refractivity contribution in [3.8, 4) is 5.75 Å². The first-order chi connectivity index (χ1) is 9.15. The van der Waals surface area contributed by atoms with E-state index < -0.39 is 0 Å². The molecule has 0 aromatic heterocycles. The molecular formula is C13H14N2O3S. The monoisotopic (exact) mass is 278 g/mol. The van der Waals surface area contributed by atoms with Crippen LogP contribution in [0.5, 0.6) is 5.75 Å². The molecule has 2 rings (SSSR count). The summed E-state index contributed by atoms with van der Waals surface area (Å²) in [5.41, 5.74) is 0.619. The molecule has 1 aromatic carbocycles. The Labute approximate surface area is 115 Å². The van der Waals surface area contributed by atoms with Crippen LogP contribution in [0, 0.1) is 0 Å². The number of ether oxygens (including phenoxy) is 1. The van der Waals surface area contributed by atoms with Gasteiger partial charge in [-0.25, -0.2) is 0 Å². The lowest BCUT2D eigenvalue weighted by Gasteiger charge is -2.07. The van der Waals surface area contributed by atoms with E-state index in [-0.39, 0.29) is 18.3 Å². The lowest BCUT2D eigenvalue weighted by Crippen LogP contribution is -2.32. The maximum atomic E-state index is 11.6. The molecule has 0 fully saturated rings. The first-order valence-electron chi connectivity index (χ1n) is 5.86. The number of nitrogens with one attached hydrogen (secondary N) is 1. The minimum Gasteiger partial charge on any atom is -0.484 e. The van der Waals surface area contributed by atoms with Crippen molar-refractivity contribution >= 4 is 28.6 Å². The standard InChI is InChI=1S/C13H14N2O3S/c1-9(16)10-2-4-11(5-3-10)18-8-12(17)15-13-14-6-7-19-13/h2-5H,6-8H2,1H3,(H,14,15,17). The predicted molar refractivity (Wildman–Crippen MR) is 74.8 cm³/mol. The zero-order valence-electron chi connectivity index (χ0n) is 10.5. The van der Waals surface area contributed by atoms with E-state index in [2.05, 4.69) is 10.3 Å². The fourth-order valence-electron chi connectivity index (χ4n) is 1.50. The number of carbonyl (C=O) groups is 2. The van der Waals surface area contributed by atoms with Gasteiger partial charge in [-0.1, -0.05) is 11.8 Å². The molecule has 0 unspecified atom stereocenters. The minimum absolute atomic E-state index is 0.000521. The number of ketones is 1. The zero-order chi connectivity index (χ0) is 13.7. The number of amides is 1. The van der Waals surface area contributed by atoms with Gasteiger partial charge in [-0.3, -0.25) is 14.6 Å². The van der Waals surface area contributed by atoms with Gasteiger partial charge in [0.05, 0.1) is 6.54 Å². The van der Waals surface area contributed by atoms with Crippen molar-refractivity contribution in [2.75, 3.05) is 18.9 Å². The van der Waals surface area contributed by atoms with E-state index in [9.17, 15) is 9.59 Å². The molecule has 0 spiro atoms. The summed E-state index contributed by atoms with van der Waals surface area (Å²) in [7, 11) is 0. The number of nitrogens with zero attached hydrogens (tertiary/aromatic N) is 1. The highest BCUT2D eigenvalue weighted by Gasteiger charge is 2.11. The molecule has 0 atom stereocenters. The highest BCUT2D eigenvalue weighted by molar-refractivity contribution is 8.14. The van der Waals surface area contributed by atoms with E-state index in [0.29, 0.717) is 16.5 Å². The van der Waals surface area contributed by atoms with Gasteiger partial charge in [0.25, 0.3) is 5.91 Å². The van der Waals surface area contributed by atoms with Gasteiger partial charge in [0.1, 0.15) is 5.75 Å². The van der Waals surface area contributed by atoms with E-state index in [0.717, 1.165) is 12.3 Å². The normalized spacial score (nSPS) is 13.8. The molecule has 0 saturated heterocycles. The van der Waals surface area contributed by atoms with Crippen molar-refractivity contribution < 1.29 is 14.3 Å². The van der Waals surface area contributed by atoms with Crippen LogP contribution in [0.3, 0.4) is 0 Å². The third-order valence-electron chi connectivity index (χ3n) is 2.46. The van der Waals surface area contributed by atoms with E-state index in [1.807, 2.05) is 0 Å². The van der Waals surface area contributed by atoms with Crippen molar-refractivity contribution in [1.82, 2.24) is 5.32 Å². The third-order valence-corrected chi connectivity index (χ3v) is 3.35. The Balaban J connectivity index is 1.81. The van der Waals surface area contributed by atoms with Crippen molar-refractivity contribution in [2.45, 2.75) is 6.92 Å². The third kappa shape index (κ3) is 4.10. The number of Topliss-reactive ketones (excluding diaryl/α,β-unsaturated/α-hetero) is 1. The van der Waals surface area contributed by atoms with Gasteiger partial charge in [0.2, 0.25) is 0 Å². The Hall–Kier alpha value is -1.82. The first-order valence-corrected chi connectivity index (χ1v) is 6.84. The highest BCUT2D eigenvalue weighted by atomic mass is 32.2. The molecule has 1 amide bonds. The van der Waals surface area contributed by atoms with Crippen LogP contribution >= 0.6 is 11.8 Å². The second kappa shape index (κ2) is 6.38. The minimum atomic E-state index is -0.233. The average Bonchev–Trinajstić information content (AvgIpc) is 2.89. The second-order valence-corrected chi connectivity index (χ2v) is 5.04.